The van der Waals surface area contributed by atoms with Gasteiger partial charge in [0.15, 0.2) is 5.82 Å². The zero-order valence-electron chi connectivity index (χ0n) is 16.3. The Balaban J connectivity index is 1.78. The molecule has 0 radical (unpaired) electrons. The van der Waals surface area contributed by atoms with Gasteiger partial charge < -0.3 is 16.4 Å². The number of nitrogens with one attached hydrogen (secondary N) is 2. The summed E-state index contributed by atoms with van der Waals surface area (Å²) >= 11 is 0. The first kappa shape index (κ1) is 19.5. The molecule has 1 atom stereocenters. The normalized spacial score (nSPS) is 16.6. The van der Waals surface area contributed by atoms with E-state index in [2.05, 4.69) is 32.5 Å². The molecule has 2 heterocycles. The van der Waals surface area contributed by atoms with Crippen molar-refractivity contribution in [2.75, 3.05) is 11.1 Å². The standard InChI is InChI=1S/C19H25N7O2/c1-4-12-7-5-6-8-13(12)21-18-24-15(23-17(20)25-18)10-26-16(27)14(9-11(2)3)22-19(26)28/h5-8,11,14H,4,9-10H2,1-3H3,(H,22,28)(H3,20,21,23,24,25). The molecular formula is C19H25N7O2. The zero-order valence-corrected chi connectivity index (χ0v) is 16.3. The Morgan fingerprint density at radius 3 is 2.68 bits per heavy atom. The van der Waals surface area contributed by atoms with Crippen LogP contribution >= 0.6 is 0 Å². The SMILES string of the molecule is CCc1ccccc1Nc1nc(N)nc(CN2C(=O)NC(CC(C)C)C2=O)n1. The van der Waals surface area contributed by atoms with E-state index in [1.807, 2.05) is 38.1 Å². The highest BCUT2D eigenvalue weighted by Gasteiger charge is 2.38. The van der Waals surface area contributed by atoms with Gasteiger partial charge in [-0.3, -0.25) is 9.69 Å². The molecule has 1 fully saturated rings. The minimum Gasteiger partial charge on any atom is -0.368 e. The number of benzene rings is 1. The number of hydrogen-bond donors (Lipinski definition) is 3. The highest BCUT2D eigenvalue weighted by atomic mass is 16.2. The molecule has 1 aliphatic rings. The maximum Gasteiger partial charge on any atom is 0.325 e. The number of para-hydroxylation sites is 1. The average Bonchev–Trinajstić information content (AvgIpc) is 2.88. The molecule has 1 aliphatic heterocycles. The van der Waals surface area contributed by atoms with Crippen molar-refractivity contribution in [3.05, 3.63) is 35.7 Å². The lowest BCUT2D eigenvalue weighted by Crippen LogP contribution is -2.32. The summed E-state index contributed by atoms with van der Waals surface area (Å²) in [5.41, 5.74) is 7.79. The van der Waals surface area contributed by atoms with Crippen LogP contribution in [0.5, 0.6) is 0 Å². The minimum atomic E-state index is -0.513. The van der Waals surface area contributed by atoms with Crippen LogP contribution in [0.25, 0.3) is 0 Å². The van der Waals surface area contributed by atoms with Gasteiger partial charge in [-0.2, -0.15) is 15.0 Å². The monoisotopic (exact) mass is 383 g/mol. The lowest BCUT2D eigenvalue weighted by Gasteiger charge is -2.14. The maximum absolute atomic E-state index is 12.5. The number of aryl methyl sites for hydroxylation is 1. The Morgan fingerprint density at radius 2 is 1.96 bits per heavy atom. The molecule has 0 aliphatic carbocycles. The second-order valence-corrected chi connectivity index (χ2v) is 7.13. The average molecular weight is 383 g/mol. The van der Waals surface area contributed by atoms with Gasteiger partial charge in [-0.15, -0.1) is 0 Å². The van der Waals surface area contributed by atoms with E-state index in [1.165, 1.54) is 0 Å². The number of nitrogens with zero attached hydrogens (tertiary/aromatic N) is 4. The lowest BCUT2D eigenvalue weighted by atomic mass is 10.0. The first-order chi connectivity index (χ1) is 13.4. The van der Waals surface area contributed by atoms with E-state index in [0.717, 1.165) is 22.6 Å². The molecule has 0 spiro atoms. The third-order valence-corrected chi connectivity index (χ3v) is 4.46. The fourth-order valence-electron chi connectivity index (χ4n) is 3.13. The van der Waals surface area contributed by atoms with Gasteiger partial charge in [-0.25, -0.2) is 4.79 Å². The summed E-state index contributed by atoms with van der Waals surface area (Å²) in [6, 6.07) is 6.85. The van der Waals surface area contributed by atoms with Crippen LogP contribution in [-0.2, 0) is 17.8 Å². The summed E-state index contributed by atoms with van der Waals surface area (Å²) in [6.45, 7) is 6.00. The van der Waals surface area contributed by atoms with Crippen molar-refractivity contribution in [1.82, 2.24) is 25.2 Å². The van der Waals surface area contributed by atoms with Gasteiger partial charge in [-0.1, -0.05) is 39.0 Å². The van der Waals surface area contributed by atoms with E-state index < -0.39 is 12.1 Å². The van der Waals surface area contributed by atoms with E-state index in [4.69, 9.17) is 5.73 Å². The van der Waals surface area contributed by atoms with E-state index in [-0.39, 0.29) is 36.1 Å². The van der Waals surface area contributed by atoms with Crippen LogP contribution in [-0.4, -0.2) is 37.8 Å². The van der Waals surface area contributed by atoms with Gasteiger partial charge in [-0.05, 0) is 30.4 Å². The number of nitrogens with two attached hydrogens (primary N) is 1. The second-order valence-electron chi connectivity index (χ2n) is 7.13. The molecule has 148 valence electrons. The lowest BCUT2D eigenvalue weighted by molar-refractivity contribution is -0.128. The second kappa shape index (κ2) is 8.20. The van der Waals surface area contributed by atoms with Crippen molar-refractivity contribution in [3.63, 3.8) is 0 Å². The molecule has 1 aromatic carbocycles. The van der Waals surface area contributed by atoms with E-state index >= 15 is 0 Å². The molecule has 1 unspecified atom stereocenters. The molecule has 9 nitrogen and oxygen atoms in total. The Kier molecular flexibility index (Phi) is 5.72. The maximum atomic E-state index is 12.5. The van der Waals surface area contributed by atoms with Gasteiger partial charge in [0, 0.05) is 5.69 Å². The number of imide groups is 1. The van der Waals surface area contributed by atoms with Crippen LogP contribution in [0.3, 0.4) is 0 Å². The minimum absolute atomic E-state index is 0.0206. The van der Waals surface area contributed by atoms with Crippen molar-refractivity contribution >= 4 is 29.5 Å². The quantitative estimate of drug-likeness (QED) is 0.626. The van der Waals surface area contributed by atoms with E-state index in [9.17, 15) is 9.59 Å². The highest BCUT2D eigenvalue weighted by molar-refractivity contribution is 6.04. The van der Waals surface area contributed by atoms with Crippen molar-refractivity contribution in [1.29, 1.82) is 0 Å². The van der Waals surface area contributed by atoms with E-state index in [1.54, 1.807) is 0 Å². The third kappa shape index (κ3) is 4.36. The summed E-state index contributed by atoms with van der Waals surface area (Å²) in [7, 11) is 0. The summed E-state index contributed by atoms with van der Waals surface area (Å²) < 4.78 is 0. The molecule has 28 heavy (non-hydrogen) atoms. The summed E-state index contributed by atoms with van der Waals surface area (Å²) in [5, 5.41) is 5.85. The number of carbonyl (C=O) groups is 2. The number of rotatable bonds is 7. The Hall–Kier alpha value is -3.23. The first-order valence-corrected chi connectivity index (χ1v) is 9.34. The molecule has 9 heteroatoms. The number of urea groups is 1. The predicted octanol–water partition coefficient (Wildman–Crippen LogP) is 2.23. The molecule has 3 amide bonds. The molecule has 3 rings (SSSR count). The fraction of sp³-hybridized carbons (Fsp3) is 0.421. The largest absolute Gasteiger partial charge is 0.368 e. The molecule has 4 N–H and O–H groups in total. The molecule has 0 saturated carbocycles. The van der Waals surface area contributed by atoms with Crippen LogP contribution in [0.4, 0.5) is 22.4 Å². The number of hydrogen-bond acceptors (Lipinski definition) is 7. The Labute approximate surface area is 163 Å². The van der Waals surface area contributed by atoms with Gasteiger partial charge in [0.05, 0.1) is 6.54 Å². The van der Waals surface area contributed by atoms with Crippen LogP contribution < -0.4 is 16.4 Å². The van der Waals surface area contributed by atoms with Crippen LogP contribution in [0, 0.1) is 5.92 Å². The first-order valence-electron chi connectivity index (χ1n) is 9.34. The molecule has 2 aromatic rings. The number of aromatic nitrogens is 3. The van der Waals surface area contributed by atoms with Crippen LogP contribution in [0.15, 0.2) is 24.3 Å². The third-order valence-electron chi connectivity index (χ3n) is 4.46. The summed E-state index contributed by atoms with van der Waals surface area (Å²) in [4.78, 5) is 38.4. The van der Waals surface area contributed by atoms with Crippen LogP contribution in [0.1, 0.15) is 38.6 Å². The number of nitrogen functional groups attached to an aromatic ring is 1. The van der Waals surface area contributed by atoms with Crippen molar-refractivity contribution in [2.24, 2.45) is 5.92 Å². The number of anilines is 3. The molecule has 0 bridgehead atoms. The predicted molar refractivity (Wildman–Crippen MR) is 106 cm³/mol. The van der Waals surface area contributed by atoms with Gasteiger partial charge in [0.25, 0.3) is 5.91 Å². The van der Waals surface area contributed by atoms with Gasteiger partial charge in [0.1, 0.15) is 6.04 Å². The van der Waals surface area contributed by atoms with Gasteiger partial charge >= 0.3 is 6.03 Å². The molecule has 1 saturated heterocycles. The Morgan fingerprint density at radius 1 is 1.21 bits per heavy atom. The van der Waals surface area contributed by atoms with Crippen molar-refractivity contribution < 1.29 is 9.59 Å². The zero-order chi connectivity index (χ0) is 20.3. The van der Waals surface area contributed by atoms with Crippen molar-refractivity contribution in [3.8, 4) is 0 Å². The topological polar surface area (TPSA) is 126 Å². The Bertz CT molecular complexity index is 884. The number of amides is 3. The molecule has 1 aromatic heterocycles. The highest BCUT2D eigenvalue weighted by Crippen LogP contribution is 2.20. The molecular weight excluding hydrogens is 358 g/mol. The summed E-state index contributed by atoms with van der Waals surface area (Å²) in [6.07, 6.45) is 1.43. The smallest absolute Gasteiger partial charge is 0.325 e. The summed E-state index contributed by atoms with van der Waals surface area (Å²) in [5.74, 6) is 0.555. The van der Waals surface area contributed by atoms with Crippen molar-refractivity contribution in [2.45, 2.75) is 46.2 Å². The fourth-order valence-corrected chi connectivity index (χ4v) is 3.13. The van der Waals surface area contributed by atoms with E-state index in [0.29, 0.717) is 6.42 Å². The van der Waals surface area contributed by atoms with Gasteiger partial charge in [0.2, 0.25) is 11.9 Å². The number of carbonyl (C=O) groups excluding carboxylic acids is 2. The van der Waals surface area contributed by atoms with Crippen LogP contribution in [0.2, 0.25) is 0 Å².